The minimum Gasteiger partial charge on any atom is -0.508 e. The maximum Gasteiger partial charge on any atom is 0.259 e. The highest BCUT2D eigenvalue weighted by molar-refractivity contribution is 6.05. The number of carbonyl (C=O) groups is 1. The number of phenols is 1. The molecule has 1 N–H and O–H groups in total. The van der Waals surface area contributed by atoms with E-state index in [-0.39, 0.29) is 11.7 Å². The van der Waals surface area contributed by atoms with Crippen LogP contribution in [-0.4, -0.2) is 27.8 Å². The van der Waals surface area contributed by atoms with Gasteiger partial charge in [-0.25, -0.2) is 0 Å². The van der Waals surface area contributed by atoms with E-state index < -0.39 is 0 Å². The zero-order valence-electron chi connectivity index (χ0n) is 9.95. The number of hydrogen-bond acceptors (Lipinski definition) is 4. The summed E-state index contributed by atoms with van der Waals surface area (Å²) in [5, 5.41) is 16.8. The third-order valence-corrected chi connectivity index (χ3v) is 2.53. The molecule has 2 rings (SSSR count). The van der Waals surface area contributed by atoms with Gasteiger partial charge < -0.3 is 10.0 Å². The van der Waals surface area contributed by atoms with Crippen LogP contribution in [0, 0.1) is 0 Å². The van der Waals surface area contributed by atoms with Gasteiger partial charge in [0.25, 0.3) is 5.91 Å². The molecule has 1 aromatic heterocycles. The maximum absolute atomic E-state index is 12.3. The molecule has 1 amide bonds. The summed E-state index contributed by atoms with van der Waals surface area (Å²) in [6.07, 6.45) is 2.90. The number of anilines is 1. The molecule has 2 aromatic rings. The first-order valence-electron chi connectivity index (χ1n) is 5.60. The summed E-state index contributed by atoms with van der Waals surface area (Å²) in [4.78, 5) is 13.8. The van der Waals surface area contributed by atoms with Gasteiger partial charge in [-0.05, 0) is 25.1 Å². The van der Waals surface area contributed by atoms with E-state index in [1.54, 1.807) is 35.2 Å². The van der Waals surface area contributed by atoms with E-state index in [9.17, 15) is 9.90 Å². The minimum absolute atomic E-state index is 0.131. The van der Waals surface area contributed by atoms with Crippen LogP contribution in [0.15, 0.2) is 42.7 Å². The van der Waals surface area contributed by atoms with Crippen molar-refractivity contribution in [2.75, 3.05) is 11.4 Å². The molecule has 5 heteroatoms. The van der Waals surface area contributed by atoms with Crippen LogP contribution in [-0.2, 0) is 0 Å². The average molecular weight is 243 g/mol. The quantitative estimate of drug-likeness (QED) is 0.893. The molecule has 92 valence electrons. The van der Waals surface area contributed by atoms with Gasteiger partial charge in [0.15, 0.2) is 0 Å². The van der Waals surface area contributed by atoms with Crippen LogP contribution in [0.1, 0.15) is 17.3 Å². The lowest BCUT2D eigenvalue weighted by Crippen LogP contribution is -2.30. The number of benzene rings is 1. The number of hydrogen-bond donors (Lipinski definition) is 1. The molecule has 5 nitrogen and oxygen atoms in total. The molecule has 0 unspecified atom stereocenters. The SMILES string of the molecule is CCN(C(=O)c1ccnnc1)c1cccc(O)c1. The van der Waals surface area contributed by atoms with Crippen molar-refractivity contribution in [3.63, 3.8) is 0 Å². The van der Waals surface area contributed by atoms with Crippen molar-refractivity contribution in [2.24, 2.45) is 0 Å². The van der Waals surface area contributed by atoms with Gasteiger partial charge in [0.2, 0.25) is 0 Å². The lowest BCUT2D eigenvalue weighted by Gasteiger charge is -2.20. The van der Waals surface area contributed by atoms with Crippen molar-refractivity contribution in [3.05, 3.63) is 48.3 Å². The number of rotatable bonds is 3. The molecule has 0 spiro atoms. The lowest BCUT2D eigenvalue weighted by molar-refractivity contribution is 0.0988. The van der Waals surface area contributed by atoms with Crippen LogP contribution in [0.25, 0.3) is 0 Å². The predicted molar refractivity (Wildman–Crippen MR) is 67.5 cm³/mol. The third kappa shape index (κ3) is 2.45. The van der Waals surface area contributed by atoms with E-state index in [0.29, 0.717) is 17.8 Å². The van der Waals surface area contributed by atoms with Crippen LogP contribution in [0.3, 0.4) is 0 Å². The molecule has 0 atom stereocenters. The van der Waals surface area contributed by atoms with Crippen LogP contribution < -0.4 is 4.90 Å². The van der Waals surface area contributed by atoms with Crippen molar-refractivity contribution >= 4 is 11.6 Å². The molecule has 0 aliphatic rings. The number of amides is 1. The van der Waals surface area contributed by atoms with E-state index in [1.165, 1.54) is 12.4 Å². The summed E-state index contributed by atoms with van der Waals surface area (Å²) >= 11 is 0. The molecule has 1 aromatic carbocycles. The summed E-state index contributed by atoms with van der Waals surface area (Å²) in [6, 6.07) is 8.20. The van der Waals surface area contributed by atoms with Crippen molar-refractivity contribution in [1.29, 1.82) is 0 Å². The number of aromatic nitrogens is 2. The van der Waals surface area contributed by atoms with E-state index >= 15 is 0 Å². The Kier molecular flexibility index (Phi) is 3.52. The molecule has 0 radical (unpaired) electrons. The molecule has 0 bridgehead atoms. The molecule has 0 fully saturated rings. The summed E-state index contributed by atoms with van der Waals surface area (Å²) in [5.41, 5.74) is 1.12. The zero-order valence-corrected chi connectivity index (χ0v) is 9.95. The Labute approximate surface area is 105 Å². The largest absolute Gasteiger partial charge is 0.508 e. The zero-order chi connectivity index (χ0) is 13.0. The average Bonchev–Trinajstić information content (AvgIpc) is 2.40. The van der Waals surface area contributed by atoms with Crippen molar-refractivity contribution < 1.29 is 9.90 Å². The van der Waals surface area contributed by atoms with Crippen molar-refractivity contribution in [3.8, 4) is 5.75 Å². The molecule has 0 aliphatic carbocycles. The van der Waals surface area contributed by atoms with Gasteiger partial charge >= 0.3 is 0 Å². The highest BCUT2D eigenvalue weighted by atomic mass is 16.3. The fourth-order valence-electron chi connectivity index (χ4n) is 1.68. The standard InChI is InChI=1S/C13H13N3O2/c1-2-16(11-4-3-5-12(17)8-11)13(18)10-6-7-14-15-9-10/h3-9,17H,2H2,1H3. The van der Waals surface area contributed by atoms with Crippen LogP contribution in [0.2, 0.25) is 0 Å². The van der Waals surface area contributed by atoms with Gasteiger partial charge in [0.1, 0.15) is 5.75 Å². The molecule has 0 saturated carbocycles. The summed E-state index contributed by atoms with van der Waals surface area (Å²) in [7, 11) is 0. The Morgan fingerprint density at radius 3 is 2.78 bits per heavy atom. The molecular formula is C13H13N3O2. The first-order valence-corrected chi connectivity index (χ1v) is 5.60. The highest BCUT2D eigenvalue weighted by Gasteiger charge is 2.16. The van der Waals surface area contributed by atoms with E-state index in [2.05, 4.69) is 10.2 Å². The summed E-state index contributed by atoms with van der Waals surface area (Å²) in [6.45, 7) is 2.38. The number of carbonyl (C=O) groups excluding carboxylic acids is 1. The third-order valence-electron chi connectivity index (χ3n) is 2.53. The summed E-state index contributed by atoms with van der Waals surface area (Å²) in [5.74, 6) is -0.0374. The summed E-state index contributed by atoms with van der Waals surface area (Å²) < 4.78 is 0. The predicted octanol–water partition coefficient (Wildman–Crippen LogP) is 1.85. The Balaban J connectivity index is 2.32. The topological polar surface area (TPSA) is 66.3 Å². The van der Waals surface area contributed by atoms with Crippen LogP contribution >= 0.6 is 0 Å². The normalized spacial score (nSPS) is 10.1. The Morgan fingerprint density at radius 1 is 1.33 bits per heavy atom. The lowest BCUT2D eigenvalue weighted by atomic mass is 10.2. The van der Waals surface area contributed by atoms with E-state index in [1.807, 2.05) is 6.92 Å². The van der Waals surface area contributed by atoms with Gasteiger partial charge in [-0.3, -0.25) is 4.79 Å². The number of aromatic hydroxyl groups is 1. The smallest absolute Gasteiger partial charge is 0.259 e. The van der Waals surface area contributed by atoms with Gasteiger partial charge in [0, 0.05) is 18.3 Å². The molecular weight excluding hydrogens is 230 g/mol. The first-order chi connectivity index (χ1) is 8.72. The van der Waals surface area contributed by atoms with Gasteiger partial charge in [-0.1, -0.05) is 6.07 Å². The molecule has 0 aliphatic heterocycles. The maximum atomic E-state index is 12.3. The second-order valence-electron chi connectivity index (χ2n) is 3.70. The van der Waals surface area contributed by atoms with Gasteiger partial charge in [-0.15, -0.1) is 0 Å². The number of nitrogens with zero attached hydrogens (tertiary/aromatic N) is 3. The monoisotopic (exact) mass is 243 g/mol. The van der Waals surface area contributed by atoms with Gasteiger partial charge in [0.05, 0.1) is 18.0 Å². The Hall–Kier alpha value is -2.43. The van der Waals surface area contributed by atoms with Crippen molar-refractivity contribution in [1.82, 2.24) is 10.2 Å². The second kappa shape index (κ2) is 5.27. The molecule has 1 heterocycles. The Morgan fingerprint density at radius 2 is 2.17 bits per heavy atom. The van der Waals surface area contributed by atoms with Crippen molar-refractivity contribution in [2.45, 2.75) is 6.92 Å². The second-order valence-corrected chi connectivity index (χ2v) is 3.70. The fraction of sp³-hybridized carbons (Fsp3) is 0.154. The van der Waals surface area contributed by atoms with Gasteiger partial charge in [-0.2, -0.15) is 10.2 Å². The highest BCUT2D eigenvalue weighted by Crippen LogP contribution is 2.21. The first kappa shape index (κ1) is 12.0. The minimum atomic E-state index is -0.169. The van der Waals surface area contributed by atoms with E-state index in [0.717, 1.165) is 0 Å². The molecule has 18 heavy (non-hydrogen) atoms. The van der Waals surface area contributed by atoms with Crippen LogP contribution in [0.5, 0.6) is 5.75 Å². The Bertz CT molecular complexity index is 543. The van der Waals surface area contributed by atoms with E-state index in [4.69, 9.17) is 0 Å². The molecule has 0 saturated heterocycles. The van der Waals surface area contributed by atoms with Crippen LogP contribution in [0.4, 0.5) is 5.69 Å². The fourth-order valence-corrected chi connectivity index (χ4v) is 1.68. The number of phenolic OH excluding ortho intramolecular Hbond substituents is 1.